The van der Waals surface area contributed by atoms with E-state index in [0.29, 0.717) is 53.5 Å². The number of unbranched alkanes of at least 4 members (excludes halogenated alkanes) is 1. The van der Waals surface area contributed by atoms with Gasteiger partial charge in [0.25, 0.3) is 0 Å². The van der Waals surface area contributed by atoms with Crippen LogP contribution in [0.1, 0.15) is 38.2 Å². The molecule has 3 N–H and O–H groups in total. The van der Waals surface area contributed by atoms with Crippen molar-refractivity contribution in [2.24, 2.45) is 0 Å². The molecule has 2 aromatic carbocycles. The van der Waals surface area contributed by atoms with Crippen LogP contribution in [0.25, 0.3) is 0 Å². The second-order valence-corrected chi connectivity index (χ2v) is 10.4. The summed E-state index contributed by atoms with van der Waals surface area (Å²) in [5.74, 6) is -0.473. The van der Waals surface area contributed by atoms with Crippen molar-refractivity contribution in [3.63, 3.8) is 0 Å². The molecule has 0 saturated carbocycles. The van der Waals surface area contributed by atoms with Crippen LogP contribution in [-0.4, -0.2) is 69.9 Å². The van der Waals surface area contributed by atoms with Gasteiger partial charge in [0.15, 0.2) is 0 Å². The van der Waals surface area contributed by atoms with Crippen molar-refractivity contribution in [2.75, 3.05) is 46.8 Å². The van der Waals surface area contributed by atoms with Gasteiger partial charge in [-0.1, -0.05) is 18.2 Å². The van der Waals surface area contributed by atoms with Gasteiger partial charge in [-0.05, 0) is 69.8 Å². The number of para-hydroxylation sites is 1. The molecule has 0 bridgehead atoms. The number of esters is 2. The van der Waals surface area contributed by atoms with E-state index in [4.69, 9.17) is 18.9 Å². The van der Waals surface area contributed by atoms with Crippen molar-refractivity contribution in [2.45, 2.75) is 43.6 Å². The summed E-state index contributed by atoms with van der Waals surface area (Å²) in [7, 11) is 2.64. The Balaban J connectivity index is 0.00000616. The van der Waals surface area contributed by atoms with Crippen molar-refractivity contribution in [3.05, 3.63) is 76.6 Å². The molecular formula is C31H41ClN2O7S. The van der Waals surface area contributed by atoms with Crippen molar-refractivity contribution < 1.29 is 33.6 Å². The van der Waals surface area contributed by atoms with E-state index in [-0.39, 0.29) is 19.0 Å². The number of ether oxygens (including phenoxy) is 4. The normalized spacial score (nSPS) is 14.0. The molecule has 1 heterocycles. The fourth-order valence-electron chi connectivity index (χ4n) is 4.65. The summed E-state index contributed by atoms with van der Waals surface area (Å²) in [6.45, 7) is 5.36. The van der Waals surface area contributed by atoms with Gasteiger partial charge in [0.05, 0.1) is 37.9 Å². The van der Waals surface area contributed by atoms with Gasteiger partial charge >= 0.3 is 11.9 Å². The molecule has 230 valence electrons. The zero-order chi connectivity index (χ0) is 29.8. The second kappa shape index (κ2) is 17.7. The summed E-state index contributed by atoms with van der Waals surface area (Å²) in [6.07, 6.45) is 2.94. The zero-order valence-electron chi connectivity index (χ0n) is 24.7. The highest BCUT2D eigenvalue weighted by Crippen LogP contribution is 2.44. The van der Waals surface area contributed by atoms with Gasteiger partial charge in [0.1, 0.15) is 24.2 Å². The third kappa shape index (κ3) is 9.42. The average molecular weight is 621 g/mol. The van der Waals surface area contributed by atoms with Crippen LogP contribution in [0.5, 0.6) is 11.5 Å². The van der Waals surface area contributed by atoms with Crippen LogP contribution in [0.15, 0.2) is 76.0 Å². The van der Waals surface area contributed by atoms with Crippen molar-refractivity contribution in [1.29, 1.82) is 0 Å². The minimum Gasteiger partial charge on any atom is -0.493 e. The highest BCUT2D eigenvalue weighted by Gasteiger charge is 2.39. The van der Waals surface area contributed by atoms with E-state index in [1.165, 1.54) is 14.2 Å². The minimum atomic E-state index is -0.723. The molecule has 1 unspecified atom stereocenters. The first kappa shape index (κ1) is 35.0. The lowest BCUT2D eigenvalue weighted by Crippen LogP contribution is -2.32. The largest absolute Gasteiger partial charge is 0.493 e. The summed E-state index contributed by atoms with van der Waals surface area (Å²) < 4.78 is 22.0. The summed E-state index contributed by atoms with van der Waals surface area (Å²) in [5.41, 5.74) is 2.57. The molecular weight excluding hydrogens is 580 g/mol. The van der Waals surface area contributed by atoms with Crippen molar-refractivity contribution in [3.8, 4) is 11.5 Å². The number of carbonyl (C=O) groups excluding carboxylic acids is 2. The zero-order valence-corrected chi connectivity index (χ0v) is 26.4. The molecule has 11 heteroatoms. The van der Waals surface area contributed by atoms with Gasteiger partial charge in [-0.15, -0.1) is 24.2 Å². The van der Waals surface area contributed by atoms with Crippen LogP contribution >= 0.6 is 24.2 Å². The SMILES string of the molecule is COC(=O)C1=C(C)NC(C)=C(C(=O)OC)C1c1cc(SC)ccc1OCCCCNCC(O)COc1ccccc1.Cl. The lowest BCUT2D eigenvalue weighted by atomic mass is 9.80. The van der Waals surface area contributed by atoms with E-state index in [0.717, 1.165) is 23.5 Å². The third-order valence-electron chi connectivity index (χ3n) is 6.67. The van der Waals surface area contributed by atoms with Crippen LogP contribution in [0, 0.1) is 0 Å². The number of hydrogen-bond donors (Lipinski definition) is 3. The lowest BCUT2D eigenvalue weighted by molar-refractivity contribution is -0.137. The van der Waals surface area contributed by atoms with Gasteiger partial charge in [-0.2, -0.15) is 0 Å². The van der Waals surface area contributed by atoms with Gasteiger partial charge in [0.2, 0.25) is 0 Å². The van der Waals surface area contributed by atoms with Crippen molar-refractivity contribution in [1.82, 2.24) is 10.6 Å². The lowest BCUT2D eigenvalue weighted by Gasteiger charge is -2.31. The highest BCUT2D eigenvalue weighted by molar-refractivity contribution is 7.98. The monoisotopic (exact) mass is 620 g/mol. The van der Waals surface area contributed by atoms with Crippen LogP contribution in [0.2, 0.25) is 0 Å². The molecule has 2 aromatic rings. The number of benzene rings is 2. The molecule has 1 aliphatic heterocycles. The molecule has 0 radical (unpaired) electrons. The maximum atomic E-state index is 12.9. The second-order valence-electron chi connectivity index (χ2n) is 9.56. The van der Waals surface area contributed by atoms with E-state index >= 15 is 0 Å². The van der Waals surface area contributed by atoms with E-state index in [1.807, 2.05) is 54.8 Å². The number of methoxy groups -OCH3 is 2. The summed E-state index contributed by atoms with van der Waals surface area (Å²) in [4.78, 5) is 26.8. The first-order valence-electron chi connectivity index (χ1n) is 13.5. The van der Waals surface area contributed by atoms with E-state index in [1.54, 1.807) is 25.6 Å². The number of aliphatic hydroxyl groups excluding tert-OH is 1. The summed E-state index contributed by atoms with van der Waals surface area (Å²) in [5, 5.41) is 16.5. The number of thioether (sulfide) groups is 1. The fourth-order valence-corrected chi connectivity index (χ4v) is 5.10. The third-order valence-corrected chi connectivity index (χ3v) is 7.40. The molecule has 9 nitrogen and oxygen atoms in total. The molecule has 3 rings (SSSR count). The number of allylic oxidation sites excluding steroid dienone is 2. The van der Waals surface area contributed by atoms with Gasteiger partial charge in [-0.3, -0.25) is 0 Å². The van der Waals surface area contributed by atoms with E-state index in [9.17, 15) is 14.7 Å². The Morgan fingerprint density at radius 1 is 0.976 bits per heavy atom. The molecule has 0 aliphatic carbocycles. The Morgan fingerprint density at radius 3 is 2.21 bits per heavy atom. The molecule has 1 atom stereocenters. The number of dihydropyridines is 1. The van der Waals surface area contributed by atoms with Crippen molar-refractivity contribution >= 4 is 36.1 Å². The molecule has 0 aromatic heterocycles. The Bertz CT molecular complexity index is 1220. The topological polar surface area (TPSA) is 115 Å². The first-order chi connectivity index (χ1) is 19.8. The maximum absolute atomic E-state index is 12.9. The predicted molar refractivity (Wildman–Crippen MR) is 166 cm³/mol. The number of rotatable bonds is 15. The molecule has 0 spiro atoms. The fraction of sp³-hybridized carbons (Fsp3) is 0.419. The number of halogens is 1. The number of hydrogen-bond acceptors (Lipinski definition) is 10. The smallest absolute Gasteiger partial charge is 0.336 e. The Kier molecular flexibility index (Phi) is 14.8. The maximum Gasteiger partial charge on any atom is 0.336 e. The van der Waals surface area contributed by atoms with Gasteiger partial charge in [-0.25, -0.2) is 9.59 Å². The van der Waals surface area contributed by atoms with Gasteiger partial charge < -0.3 is 34.7 Å². The Hall–Kier alpha value is -3.18. The predicted octanol–water partition coefficient (Wildman–Crippen LogP) is 4.60. The molecule has 0 amide bonds. The number of carbonyl (C=O) groups is 2. The molecule has 42 heavy (non-hydrogen) atoms. The van der Waals surface area contributed by atoms with Gasteiger partial charge in [0, 0.05) is 28.4 Å². The standard InChI is InChI=1S/C31H40N2O7S.ClH/c1-20-27(30(35)37-3)29(28(21(2)33-20)31(36)38-4)25-17-24(41-5)13-14-26(25)39-16-10-9-15-32-18-22(34)19-40-23-11-7-6-8-12-23;/h6-8,11-14,17,22,29,32-34H,9-10,15-16,18-19H2,1-5H3;1H. The summed E-state index contributed by atoms with van der Waals surface area (Å²) in [6, 6.07) is 15.2. The Morgan fingerprint density at radius 2 is 1.62 bits per heavy atom. The molecule has 0 fully saturated rings. The summed E-state index contributed by atoms with van der Waals surface area (Å²) >= 11 is 1.56. The minimum absolute atomic E-state index is 0. The number of nitrogens with one attached hydrogen (secondary N) is 2. The highest BCUT2D eigenvalue weighted by atomic mass is 35.5. The molecule has 1 aliphatic rings. The number of aliphatic hydroxyl groups is 1. The van der Waals surface area contributed by atoms with Crippen LogP contribution in [0.4, 0.5) is 0 Å². The van der Waals surface area contributed by atoms with E-state index < -0.39 is 24.0 Å². The average Bonchev–Trinajstić information content (AvgIpc) is 2.99. The van der Waals surface area contributed by atoms with Crippen LogP contribution in [0.3, 0.4) is 0 Å². The first-order valence-corrected chi connectivity index (χ1v) is 14.8. The Labute approximate surface area is 258 Å². The van der Waals surface area contributed by atoms with Crippen LogP contribution in [-0.2, 0) is 19.1 Å². The van der Waals surface area contributed by atoms with E-state index in [2.05, 4.69) is 10.6 Å². The van der Waals surface area contributed by atoms with Crippen LogP contribution < -0.4 is 20.1 Å². The molecule has 0 saturated heterocycles. The quantitative estimate of drug-likeness (QED) is 0.148.